The van der Waals surface area contributed by atoms with Crippen molar-refractivity contribution in [3.8, 4) is 5.75 Å². The van der Waals surface area contributed by atoms with Crippen LogP contribution in [-0.2, 0) is 24.1 Å². The molecule has 200 valence electrons. The first-order chi connectivity index (χ1) is 18.5. The van der Waals surface area contributed by atoms with E-state index in [1.54, 1.807) is 12.1 Å². The van der Waals surface area contributed by atoms with Gasteiger partial charge < -0.3 is 14.9 Å². The molecule has 0 saturated carbocycles. The van der Waals surface area contributed by atoms with Gasteiger partial charge in [-0.15, -0.1) is 0 Å². The van der Waals surface area contributed by atoms with Crippen molar-refractivity contribution in [2.75, 3.05) is 6.61 Å². The summed E-state index contributed by atoms with van der Waals surface area (Å²) >= 11 is 0. The molecule has 0 spiro atoms. The summed E-state index contributed by atoms with van der Waals surface area (Å²) in [6.45, 7) is 0.700. The molecule has 1 unspecified atom stereocenters. The zero-order valence-corrected chi connectivity index (χ0v) is 21.9. The normalized spacial score (nSPS) is 11.9. The Labute approximate surface area is 225 Å². The molecule has 0 aliphatic rings. The second-order valence-electron chi connectivity index (χ2n) is 9.68. The quantitative estimate of drug-likeness (QED) is 0.145. The minimum Gasteiger partial charge on any atom is -0.494 e. The lowest BCUT2D eigenvalue weighted by Gasteiger charge is -2.13. The van der Waals surface area contributed by atoms with Gasteiger partial charge in [0, 0.05) is 6.42 Å². The second-order valence-corrected chi connectivity index (χ2v) is 9.68. The number of carboxylic acid groups (broad SMARTS) is 2. The van der Waals surface area contributed by atoms with Crippen LogP contribution in [0.4, 0.5) is 0 Å². The molecule has 0 aromatic heterocycles. The molecule has 0 heterocycles. The summed E-state index contributed by atoms with van der Waals surface area (Å²) in [7, 11) is 0. The molecule has 0 aliphatic carbocycles. The van der Waals surface area contributed by atoms with E-state index < -0.39 is 11.9 Å². The van der Waals surface area contributed by atoms with Gasteiger partial charge in [0.1, 0.15) is 5.75 Å². The summed E-state index contributed by atoms with van der Waals surface area (Å²) in [5, 5.41) is 18.1. The summed E-state index contributed by atoms with van der Waals surface area (Å²) in [6, 6.07) is 25.7. The van der Waals surface area contributed by atoms with Crippen molar-refractivity contribution in [2.24, 2.45) is 5.92 Å². The van der Waals surface area contributed by atoms with Gasteiger partial charge in [-0.2, -0.15) is 0 Å². The molecule has 3 rings (SSSR count). The predicted octanol–water partition coefficient (Wildman–Crippen LogP) is 7.39. The van der Waals surface area contributed by atoms with E-state index in [0.29, 0.717) is 13.0 Å². The second kappa shape index (κ2) is 16.1. The maximum atomic E-state index is 11.1. The fourth-order valence-electron chi connectivity index (χ4n) is 4.46. The molecule has 0 amide bonds. The fraction of sp³-hybridized carbons (Fsp3) is 0.333. The molecule has 0 saturated heterocycles. The Hall–Kier alpha value is -3.86. The number of carbonyl (C=O) groups is 2. The smallest absolute Gasteiger partial charge is 0.335 e. The van der Waals surface area contributed by atoms with Crippen LogP contribution in [0.15, 0.2) is 91.0 Å². The molecule has 0 bridgehead atoms. The van der Waals surface area contributed by atoms with Gasteiger partial charge >= 0.3 is 11.9 Å². The first-order valence-electron chi connectivity index (χ1n) is 13.5. The third-order valence-corrected chi connectivity index (χ3v) is 6.55. The average Bonchev–Trinajstić information content (AvgIpc) is 2.92. The van der Waals surface area contributed by atoms with Crippen LogP contribution in [0.5, 0.6) is 5.75 Å². The third-order valence-electron chi connectivity index (χ3n) is 6.55. The highest BCUT2D eigenvalue weighted by Crippen LogP contribution is 2.20. The number of allylic oxidation sites excluding steroid dienone is 2. The van der Waals surface area contributed by atoms with Crippen molar-refractivity contribution in [1.82, 2.24) is 0 Å². The van der Waals surface area contributed by atoms with Gasteiger partial charge in [0.2, 0.25) is 0 Å². The van der Waals surface area contributed by atoms with Gasteiger partial charge in [-0.05, 0) is 91.8 Å². The summed E-state index contributed by atoms with van der Waals surface area (Å²) in [4.78, 5) is 22.0. The minimum atomic E-state index is -0.930. The highest BCUT2D eigenvalue weighted by Gasteiger charge is 2.09. The van der Waals surface area contributed by atoms with Crippen LogP contribution in [-0.4, -0.2) is 28.8 Å². The van der Waals surface area contributed by atoms with E-state index in [0.717, 1.165) is 56.3 Å². The number of ether oxygens (including phenoxy) is 1. The number of carboxylic acids is 2. The highest BCUT2D eigenvalue weighted by molar-refractivity contribution is 5.87. The Balaban J connectivity index is 1.49. The van der Waals surface area contributed by atoms with E-state index in [1.165, 1.54) is 11.1 Å². The van der Waals surface area contributed by atoms with Crippen LogP contribution >= 0.6 is 0 Å². The molecule has 3 aromatic rings. The summed E-state index contributed by atoms with van der Waals surface area (Å²) in [6.07, 6.45) is 11.7. The number of aliphatic carboxylic acids is 1. The lowest BCUT2D eigenvalue weighted by molar-refractivity contribution is -0.137. The Bertz CT molecular complexity index is 1150. The molecule has 0 fully saturated rings. The van der Waals surface area contributed by atoms with E-state index in [2.05, 4.69) is 48.6 Å². The van der Waals surface area contributed by atoms with Crippen LogP contribution < -0.4 is 4.74 Å². The van der Waals surface area contributed by atoms with E-state index >= 15 is 0 Å². The van der Waals surface area contributed by atoms with Crippen LogP contribution in [0.1, 0.15) is 65.6 Å². The van der Waals surface area contributed by atoms with Crippen molar-refractivity contribution in [2.45, 2.75) is 57.8 Å². The van der Waals surface area contributed by atoms with Gasteiger partial charge in [0.15, 0.2) is 0 Å². The van der Waals surface area contributed by atoms with Crippen molar-refractivity contribution in [3.63, 3.8) is 0 Å². The summed E-state index contributed by atoms with van der Waals surface area (Å²) in [5.74, 6) is -0.553. The number of hydrogen-bond acceptors (Lipinski definition) is 3. The van der Waals surface area contributed by atoms with Crippen LogP contribution in [0, 0.1) is 5.92 Å². The van der Waals surface area contributed by atoms with Gasteiger partial charge in [-0.25, -0.2) is 4.79 Å². The summed E-state index contributed by atoms with van der Waals surface area (Å²) in [5.41, 5.74) is 3.89. The molecular weight excluding hydrogens is 476 g/mol. The van der Waals surface area contributed by atoms with Crippen LogP contribution in [0.3, 0.4) is 0 Å². The van der Waals surface area contributed by atoms with Crippen LogP contribution in [0.25, 0.3) is 0 Å². The minimum absolute atomic E-state index is 0.183. The molecule has 0 radical (unpaired) electrons. The number of unbranched alkanes of at least 4 members (excludes halogenated alkanes) is 2. The topological polar surface area (TPSA) is 83.8 Å². The Morgan fingerprint density at radius 2 is 1.55 bits per heavy atom. The highest BCUT2D eigenvalue weighted by atomic mass is 16.5. The van der Waals surface area contributed by atoms with E-state index in [-0.39, 0.29) is 17.9 Å². The van der Waals surface area contributed by atoms with Gasteiger partial charge in [0.05, 0.1) is 12.2 Å². The van der Waals surface area contributed by atoms with Crippen molar-refractivity contribution in [1.29, 1.82) is 0 Å². The number of hydrogen-bond donors (Lipinski definition) is 2. The molecule has 5 nitrogen and oxygen atoms in total. The predicted molar refractivity (Wildman–Crippen MR) is 151 cm³/mol. The van der Waals surface area contributed by atoms with Crippen molar-refractivity contribution in [3.05, 3.63) is 113 Å². The van der Waals surface area contributed by atoms with Gasteiger partial charge in [0.25, 0.3) is 0 Å². The Morgan fingerprint density at radius 1 is 0.789 bits per heavy atom. The number of benzene rings is 3. The fourth-order valence-corrected chi connectivity index (χ4v) is 4.46. The summed E-state index contributed by atoms with van der Waals surface area (Å²) < 4.78 is 5.99. The molecule has 0 aliphatic heterocycles. The average molecular weight is 515 g/mol. The number of rotatable bonds is 17. The SMILES string of the molecule is O=C(O)CCCCC(/C=C/Cc1cccc(OCCCCc2ccccc2)c1)Cc1ccc(C(=O)O)cc1. The Kier molecular flexibility index (Phi) is 12.1. The van der Waals surface area contributed by atoms with E-state index in [4.69, 9.17) is 14.9 Å². The number of aromatic carboxylic acids is 1. The molecule has 1 atom stereocenters. The van der Waals surface area contributed by atoms with E-state index in [1.807, 2.05) is 30.3 Å². The van der Waals surface area contributed by atoms with Crippen LogP contribution in [0.2, 0.25) is 0 Å². The lowest BCUT2D eigenvalue weighted by atomic mass is 9.92. The zero-order chi connectivity index (χ0) is 27.0. The molecule has 5 heteroatoms. The third kappa shape index (κ3) is 11.0. The monoisotopic (exact) mass is 514 g/mol. The van der Waals surface area contributed by atoms with E-state index in [9.17, 15) is 9.59 Å². The van der Waals surface area contributed by atoms with Crippen molar-refractivity contribution >= 4 is 11.9 Å². The molecule has 3 aromatic carbocycles. The van der Waals surface area contributed by atoms with Crippen molar-refractivity contribution < 1.29 is 24.5 Å². The largest absolute Gasteiger partial charge is 0.494 e. The zero-order valence-electron chi connectivity index (χ0n) is 21.9. The number of aryl methyl sites for hydroxylation is 1. The van der Waals surface area contributed by atoms with Gasteiger partial charge in [-0.3, -0.25) is 4.79 Å². The molecule has 2 N–H and O–H groups in total. The molecule has 38 heavy (non-hydrogen) atoms. The Morgan fingerprint density at radius 3 is 2.29 bits per heavy atom. The molecular formula is C33H38O5. The maximum Gasteiger partial charge on any atom is 0.335 e. The lowest BCUT2D eigenvalue weighted by Crippen LogP contribution is -2.04. The standard InChI is InChI=1S/C33H38O5/c34-32(35)18-5-4-13-27(24-29-19-21-30(22-20-29)33(36)37)14-8-15-28-16-9-17-31(25-28)38-23-7-6-12-26-10-2-1-3-11-26/h1-3,8-11,14,16-17,19-22,25,27H,4-7,12-13,15,18,23-24H2,(H,34,35)(H,36,37)/b14-8+. The van der Waals surface area contributed by atoms with Gasteiger partial charge in [-0.1, -0.05) is 73.2 Å². The maximum absolute atomic E-state index is 11.1. The first-order valence-corrected chi connectivity index (χ1v) is 13.5. The first kappa shape index (κ1) is 28.7.